The van der Waals surface area contributed by atoms with Gasteiger partial charge in [0.2, 0.25) is 10.0 Å². The molecule has 0 N–H and O–H groups in total. The number of nitrogens with zero attached hydrogens (tertiary/aromatic N) is 3. The van der Waals surface area contributed by atoms with Gasteiger partial charge >= 0.3 is 0 Å². The molecular formula is C15H18F3N3O3S. The molecule has 1 saturated heterocycles. The zero-order chi connectivity index (χ0) is 18.4. The third-order valence-electron chi connectivity index (χ3n) is 3.83. The zero-order valence-corrected chi connectivity index (χ0v) is 14.2. The van der Waals surface area contributed by atoms with Crippen LogP contribution in [0.25, 0.3) is 0 Å². The van der Waals surface area contributed by atoms with E-state index in [2.05, 4.69) is 0 Å². The average molecular weight is 377 g/mol. The molecule has 1 aromatic carbocycles. The van der Waals surface area contributed by atoms with Gasteiger partial charge in [0.05, 0.1) is 19.3 Å². The van der Waals surface area contributed by atoms with E-state index in [1.54, 1.807) is 0 Å². The third kappa shape index (κ3) is 4.92. The van der Waals surface area contributed by atoms with Crippen molar-refractivity contribution in [2.75, 3.05) is 45.9 Å². The highest BCUT2D eigenvalue weighted by atomic mass is 32.2. The fourth-order valence-corrected chi connectivity index (χ4v) is 3.94. The van der Waals surface area contributed by atoms with E-state index in [4.69, 9.17) is 10.00 Å². The van der Waals surface area contributed by atoms with Crippen LogP contribution < -0.4 is 0 Å². The summed E-state index contributed by atoms with van der Waals surface area (Å²) in [7, 11) is -4.40. The van der Waals surface area contributed by atoms with Crippen LogP contribution >= 0.6 is 0 Å². The number of morpholine rings is 1. The van der Waals surface area contributed by atoms with Gasteiger partial charge < -0.3 is 4.74 Å². The van der Waals surface area contributed by atoms with Crippen molar-refractivity contribution in [3.63, 3.8) is 0 Å². The van der Waals surface area contributed by atoms with Gasteiger partial charge in [-0.3, -0.25) is 4.90 Å². The molecule has 0 spiro atoms. The lowest BCUT2D eigenvalue weighted by Crippen LogP contribution is -2.43. The fourth-order valence-electron chi connectivity index (χ4n) is 2.45. The van der Waals surface area contributed by atoms with Crippen LogP contribution in [0.1, 0.15) is 6.42 Å². The molecule has 138 valence electrons. The number of hydrogen-bond acceptors (Lipinski definition) is 5. The highest BCUT2D eigenvalue weighted by molar-refractivity contribution is 7.89. The molecule has 10 heteroatoms. The molecule has 1 aliphatic heterocycles. The number of nitriles is 1. The maximum Gasteiger partial charge on any atom is 0.246 e. The Morgan fingerprint density at radius 3 is 2.40 bits per heavy atom. The van der Waals surface area contributed by atoms with Gasteiger partial charge in [-0.05, 0) is 6.07 Å². The maximum atomic E-state index is 13.9. The lowest BCUT2D eigenvalue weighted by molar-refractivity contribution is 0.0363. The van der Waals surface area contributed by atoms with Crippen LogP contribution in [0.15, 0.2) is 17.0 Å². The van der Waals surface area contributed by atoms with E-state index in [-0.39, 0.29) is 25.6 Å². The molecule has 1 aliphatic rings. The predicted molar refractivity (Wildman–Crippen MR) is 82.6 cm³/mol. The second-order valence-electron chi connectivity index (χ2n) is 5.46. The molecule has 0 bridgehead atoms. The van der Waals surface area contributed by atoms with E-state index in [0.717, 1.165) is 4.31 Å². The van der Waals surface area contributed by atoms with E-state index < -0.39 is 32.4 Å². The van der Waals surface area contributed by atoms with Gasteiger partial charge in [-0.1, -0.05) is 0 Å². The molecule has 1 aromatic rings. The molecule has 0 aliphatic carbocycles. The van der Waals surface area contributed by atoms with Crippen molar-refractivity contribution >= 4 is 10.0 Å². The molecule has 6 nitrogen and oxygen atoms in total. The minimum atomic E-state index is -4.40. The van der Waals surface area contributed by atoms with Crippen molar-refractivity contribution in [1.29, 1.82) is 5.26 Å². The Kier molecular flexibility index (Phi) is 6.78. The fraction of sp³-hybridized carbons (Fsp3) is 0.533. The molecule has 0 unspecified atom stereocenters. The Labute approximate surface area is 144 Å². The molecule has 0 aromatic heterocycles. The molecule has 0 radical (unpaired) electrons. The van der Waals surface area contributed by atoms with Crippen LogP contribution in [0.3, 0.4) is 0 Å². The second-order valence-corrected chi connectivity index (χ2v) is 7.37. The zero-order valence-electron chi connectivity index (χ0n) is 13.4. The normalized spacial score (nSPS) is 16.1. The van der Waals surface area contributed by atoms with Gasteiger partial charge in [-0.15, -0.1) is 0 Å². The van der Waals surface area contributed by atoms with Crippen LogP contribution in [0.5, 0.6) is 0 Å². The summed E-state index contributed by atoms with van der Waals surface area (Å²) >= 11 is 0. The van der Waals surface area contributed by atoms with Gasteiger partial charge in [-0.2, -0.15) is 9.57 Å². The molecule has 1 heterocycles. The summed E-state index contributed by atoms with van der Waals surface area (Å²) in [5.74, 6) is -4.28. The SMILES string of the molecule is N#CCCN(CCN1CCOCC1)S(=O)(=O)c1cc(F)c(F)cc1F. The summed E-state index contributed by atoms with van der Waals surface area (Å²) in [6.45, 7) is 2.52. The van der Waals surface area contributed by atoms with Crippen LogP contribution in [0.2, 0.25) is 0 Å². The van der Waals surface area contributed by atoms with Crippen molar-refractivity contribution in [2.45, 2.75) is 11.3 Å². The molecular weight excluding hydrogens is 359 g/mol. The summed E-state index contributed by atoms with van der Waals surface area (Å²) in [5, 5.41) is 8.72. The van der Waals surface area contributed by atoms with Gasteiger partial charge in [0.15, 0.2) is 11.6 Å². The van der Waals surface area contributed by atoms with E-state index in [0.29, 0.717) is 38.9 Å². The Hall–Kier alpha value is -1.67. The highest BCUT2D eigenvalue weighted by Crippen LogP contribution is 2.22. The molecule has 25 heavy (non-hydrogen) atoms. The molecule has 0 saturated carbocycles. The van der Waals surface area contributed by atoms with Crippen LogP contribution in [-0.2, 0) is 14.8 Å². The number of halogens is 3. The number of benzene rings is 1. The standard InChI is InChI=1S/C15H18F3N3O3S/c16-12-10-14(18)15(11-13(12)17)25(22,23)21(3-1-2-19)5-4-20-6-8-24-9-7-20/h10-11H,1,3-9H2. The van der Waals surface area contributed by atoms with E-state index in [9.17, 15) is 21.6 Å². The van der Waals surface area contributed by atoms with Crippen molar-refractivity contribution in [3.8, 4) is 6.07 Å². The van der Waals surface area contributed by atoms with Gasteiger partial charge in [0.1, 0.15) is 10.7 Å². The van der Waals surface area contributed by atoms with Crippen molar-refractivity contribution in [3.05, 3.63) is 29.6 Å². The summed E-state index contributed by atoms with van der Waals surface area (Å²) < 4.78 is 71.7. The van der Waals surface area contributed by atoms with Gasteiger partial charge in [-0.25, -0.2) is 21.6 Å². The Morgan fingerprint density at radius 2 is 1.76 bits per heavy atom. The largest absolute Gasteiger partial charge is 0.379 e. The minimum absolute atomic E-state index is 0.00243. The average Bonchev–Trinajstić information content (AvgIpc) is 2.58. The second kappa shape index (κ2) is 8.62. The van der Waals surface area contributed by atoms with Crippen LogP contribution in [-0.4, -0.2) is 63.6 Å². The highest BCUT2D eigenvalue weighted by Gasteiger charge is 2.29. The number of hydrogen-bond donors (Lipinski definition) is 0. The monoisotopic (exact) mass is 377 g/mol. The van der Waals surface area contributed by atoms with Gasteiger partial charge in [0.25, 0.3) is 0 Å². The summed E-state index contributed by atoms with van der Waals surface area (Å²) in [4.78, 5) is 1.03. The smallest absolute Gasteiger partial charge is 0.246 e. The van der Waals surface area contributed by atoms with Gasteiger partial charge in [0, 0.05) is 45.2 Å². The molecule has 1 fully saturated rings. The first-order chi connectivity index (χ1) is 11.9. The number of ether oxygens (including phenoxy) is 1. The van der Waals surface area contributed by atoms with E-state index >= 15 is 0 Å². The minimum Gasteiger partial charge on any atom is -0.379 e. The third-order valence-corrected chi connectivity index (χ3v) is 5.75. The van der Waals surface area contributed by atoms with E-state index in [1.807, 2.05) is 11.0 Å². The molecule has 0 atom stereocenters. The lowest BCUT2D eigenvalue weighted by atomic mass is 10.3. The molecule has 0 amide bonds. The van der Waals surface area contributed by atoms with Crippen molar-refractivity contribution < 1.29 is 26.3 Å². The maximum absolute atomic E-state index is 13.9. The Balaban J connectivity index is 2.22. The van der Waals surface area contributed by atoms with E-state index in [1.165, 1.54) is 0 Å². The quantitative estimate of drug-likeness (QED) is 0.671. The predicted octanol–water partition coefficient (Wildman–Crippen LogP) is 1.34. The summed E-state index contributed by atoms with van der Waals surface area (Å²) in [6, 6.07) is 2.36. The Morgan fingerprint density at radius 1 is 1.12 bits per heavy atom. The summed E-state index contributed by atoms with van der Waals surface area (Å²) in [6.07, 6.45) is -0.104. The van der Waals surface area contributed by atoms with Crippen molar-refractivity contribution in [2.24, 2.45) is 0 Å². The first-order valence-electron chi connectivity index (χ1n) is 7.68. The number of rotatable bonds is 7. The first-order valence-corrected chi connectivity index (χ1v) is 9.12. The topological polar surface area (TPSA) is 73.6 Å². The first kappa shape index (κ1) is 19.7. The summed E-state index contributed by atoms with van der Waals surface area (Å²) in [5.41, 5.74) is 0. The lowest BCUT2D eigenvalue weighted by Gasteiger charge is -2.29. The van der Waals surface area contributed by atoms with Crippen LogP contribution in [0, 0.1) is 28.8 Å². The van der Waals surface area contributed by atoms with Crippen molar-refractivity contribution in [1.82, 2.24) is 9.21 Å². The number of sulfonamides is 1. The molecule has 2 rings (SSSR count). The Bertz CT molecular complexity index is 746. The van der Waals surface area contributed by atoms with Crippen LogP contribution in [0.4, 0.5) is 13.2 Å².